The molecule has 0 saturated heterocycles. The van der Waals surface area contributed by atoms with Crippen molar-refractivity contribution in [3.63, 3.8) is 0 Å². The van der Waals surface area contributed by atoms with Gasteiger partial charge in [0.25, 0.3) is 11.8 Å². The van der Waals surface area contributed by atoms with Crippen molar-refractivity contribution >= 4 is 39.6 Å². The van der Waals surface area contributed by atoms with Crippen molar-refractivity contribution in [2.75, 3.05) is 18.1 Å². The molecule has 0 saturated carbocycles. The molecule has 0 spiro atoms. The molecule has 25 heavy (non-hydrogen) atoms. The van der Waals surface area contributed by atoms with Crippen LogP contribution in [0.15, 0.2) is 52.0 Å². The molecule has 2 amide bonds. The lowest BCUT2D eigenvalue weighted by atomic mass is 10.2. The second kappa shape index (κ2) is 7.43. The van der Waals surface area contributed by atoms with Crippen LogP contribution in [0, 0.1) is 5.82 Å². The molecule has 1 N–H and O–H groups in total. The molecule has 1 aliphatic heterocycles. The predicted molar refractivity (Wildman–Crippen MR) is 94.1 cm³/mol. The Labute approximate surface area is 151 Å². The fourth-order valence-corrected chi connectivity index (χ4v) is 2.67. The summed E-state index contributed by atoms with van der Waals surface area (Å²) < 4.78 is 19.6. The van der Waals surface area contributed by atoms with E-state index in [1.807, 2.05) is 0 Å². The zero-order chi connectivity index (χ0) is 17.8. The molecular weight excluding hydrogens is 393 g/mol. The highest BCUT2D eigenvalue weighted by Crippen LogP contribution is 2.31. The van der Waals surface area contributed by atoms with Crippen LogP contribution >= 0.6 is 15.9 Å². The van der Waals surface area contributed by atoms with Crippen molar-refractivity contribution in [2.45, 2.75) is 0 Å². The number of rotatable bonds is 4. The highest BCUT2D eigenvalue weighted by Gasteiger charge is 2.26. The Morgan fingerprint density at radius 1 is 1.36 bits per heavy atom. The van der Waals surface area contributed by atoms with Crippen LogP contribution in [0.4, 0.5) is 10.1 Å². The van der Waals surface area contributed by atoms with Gasteiger partial charge >= 0.3 is 0 Å². The highest BCUT2D eigenvalue weighted by molar-refractivity contribution is 9.10. The van der Waals surface area contributed by atoms with E-state index >= 15 is 0 Å². The predicted octanol–water partition coefficient (Wildman–Crippen LogP) is 2.46. The van der Waals surface area contributed by atoms with Gasteiger partial charge in [-0.2, -0.15) is 5.10 Å². The number of carbonyl (C=O) groups is 2. The first-order chi connectivity index (χ1) is 12.0. The van der Waals surface area contributed by atoms with Crippen molar-refractivity contribution in [1.82, 2.24) is 5.43 Å². The lowest BCUT2D eigenvalue weighted by Crippen LogP contribution is -2.44. The number of ether oxygens (including phenoxy) is 1. The molecule has 128 valence electrons. The fourth-order valence-electron chi connectivity index (χ4n) is 2.29. The Balaban J connectivity index is 1.66. The second-order valence-corrected chi connectivity index (χ2v) is 6.11. The van der Waals surface area contributed by atoms with E-state index in [1.54, 1.807) is 30.3 Å². The smallest absolute Gasteiger partial charge is 0.265 e. The molecule has 2 aromatic rings. The van der Waals surface area contributed by atoms with Gasteiger partial charge in [-0.1, -0.05) is 28.1 Å². The maximum absolute atomic E-state index is 13.6. The van der Waals surface area contributed by atoms with Crippen LogP contribution in [0.3, 0.4) is 0 Å². The largest absolute Gasteiger partial charge is 0.482 e. The Bertz CT molecular complexity index is 857. The second-order valence-electron chi connectivity index (χ2n) is 5.20. The molecule has 0 aromatic heterocycles. The van der Waals surface area contributed by atoms with E-state index in [0.29, 0.717) is 15.9 Å². The van der Waals surface area contributed by atoms with Crippen molar-refractivity contribution in [3.8, 4) is 5.75 Å². The minimum atomic E-state index is -0.503. The van der Waals surface area contributed by atoms with Crippen LogP contribution < -0.4 is 15.1 Å². The number of carbonyl (C=O) groups excluding carboxylic acids is 2. The lowest BCUT2D eigenvalue weighted by molar-refractivity contribution is -0.125. The number of hydrogen-bond acceptors (Lipinski definition) is 4. The number of nitrogens with zero attached hydrogens (tertiary/aromatic N) is 2. The molecule has 2 aromatic carbocycles. The molecule has 0 bridgehead atoms. The number of hydrogen-bond donors (Lipinski definition) is 1. The van der Waals surface area contributed by atoms with Crippen LogP contribution in [0.25, 0.3) is 0 Å². The van der Waals surface area contributed by atoms with Crippen molar-refractivity contribution in [3.05, 3.63) is 58.3 Å². The molecule has 1 heterocycles. The lowest BCUT2D eigenvalue weighted by Gasteiger charge is -2.28. The number of anilines is 1. The summed E-state index contributed by atoms with van der Waals surface area (Å²) >= 11 is 3.23. The van der Waals surface area contributed by atoms with Crippen LogP contribution in [0.5, 0.6) is 5.75 Å². The third-order valence-corrected chi connectivity index (χ3v) is 3.95. The van der Waals surface area contributed by atoms with Crippen molar-refractivity contribution in [2.24, 2.45) is 5.10 Å². The quantitative estimate of drug-likeness (QED) is 0.627. The maximum Gasteiger partial charge on any atom is 0.265 e. The standard InChI is InChI=1S/C17H13BrFN3O3/c18-12-5-6-13(19)11(7-12)8-20-21-16(23)9-22-14-3-1-2-4-15(14)25-10-17(22)24/h1-8H,9-10H2,(H,21,23)/b20-8-. The zero-order valence-corrected chi connectivity index (χ0v) is 14.5. The number of fused-ring (bicyclic) bond motifs is 1. The third kappa shape index (κ3) is 4.03. The number of amides is 2. The van der Waals surface area contributed by atoms with Gasteiger partial charge in [0.2, 0.25) is 0 Å². The fraction of sp³-hybridized carbons (Fsp3) is 0.118. The monoisotopic (exact) mass is 405 g/mol. The summed E-state index contributed by atoms with van der Waals surface area (Å²) in [6, 6.07) is 11.3. The topological polar surface area (TPSA) is 71.0 Å². The number of nitrogens with one attached hydrogen (secondary N) is 1. The first-order valence-electron chi connectivity index (χ1n) is 7.34. The maximum atomic E-state index is 13.6. The summed E-state index contributed by atoms with van der Waals surface area (Å²) in [5, 5.41) is 3.74. The van der Waals surface area contributed by atoms with E-state index in [9.17, 15) is 14.0 Å². The van der Waals surface area contributed by atoms with E-state index in [1.165, 1.54) is 23.2 Å². The molecule has 3 rings (SSSR count). The Morgan fingerprint density at radius 3 is 3.00 bits per heavy atom. The minimum absolute atomic E-state index is 0.128. The molecular formula is C17H13BrFN3O3. The first-order valence-corrected chi connectivity index (χ1v) is 8.13. The summed E-state index contributed by atoms with van der Waals surface area (Å²) in [4.78, 5) is 25.4. The zero-order valence-electron chi connectivity index (χ0n) is 12.9. The molecule has 0 aliphatic carbocycles. The van der Waals surface area contributed by atoms with Gasteiger partial charge in [-0.25, -0.2) is 9.82 Å². The average Bonchev–Trinajstić information content (AvgIpc) is 2.60. The number of benzene rings is 2. The van der Waals surface area contributed by atoms with E-state index in [0.717, 1.165) is 0 Å². The van der Waals surface area contributed by atoms with Gasteiger partial charge in [-0.15, -0.1) is 0 Å². The summed E-state index contributed by atoms with van der Waals surface area (Å²) in [5.41, 5.74) is 3.04. The van der Waals surface area contributed by atoms with E-state index in [2.05, 4.69) is 26.5 Å². The van der Waals surface area contributed by atoms with Crippen LogP contribution in [0.2, 0.25) is 0 Å². The summed E-state index contributed by atoms with van der Waals surface area (Å²) in [5.74, 6) is -0.749. The molecule has 6 nitrogen and oxygen atoms in total. The normalized spacial score (nSPS) is 13.5. The van der Waals surface area contributed by atoms with Crippen LogP contribution in [-0.2, 0) is 9.59 Å². The molecule has 0 fully saturated rings. The van der Waals surface area contributed by atoms with Gasteiger partial charge < -0.3 is 4.74 Å². The van der Waals surface area contributed by atoms with E-state index < -0.39 is 11.7 Å². The van der Waals surface area contributed by atoms with Crippen LogP contribution in [0.1, 0.15) is 5.56 Å². The van der Waals surface area contributed by atoms with Gasteiger partial charge in [-0.05, 0) is 30.3 Å². The first kappa shape index (κ1) is 17.1. The number of hydrazone groups is 1. The van der Waals surface area contributed by atoms with Crippen molar-refractivity contribution < 1.29 is 18.7 Å². The van der Waals surface area contributed by atoms with Gasteiger partial charge in [0, 0.05) is 10.0 Å². The SMILES string of the molecule is O=C(CN1C(=O)COc2ccccc21)N/N=C\c1cc(Br)ccc1F. The molecule has 0 unspecified atom stereocenters. The van der Waals surface area contributed by atoms with Gasteiger partial charge in [0.05, 0.1) is 11.9 Å². The van der Waals surface area contributed by atoms with E-state index in [4.69, 9.17) is 4.74 Å². The van der Waals surface area contributed by atoms with Gasteiger partial charge in [0.1, 0.15) is 18.1 Å². The highest BCUT2D eigenvalue weighted by atomic mass is 79.9. The summed E-state index contributed by atoms with van der Waals surface area (Å²) in [7, 11) is 0. The number of halogens is 2. The third-order valence-electron chi connectivity index (χ3n) is 3.46. The molecule has 0 radical (unpaired) electrons. The summed E-state index contributed by atoms with van der Waals surface area (Å²) in [6.07, 6.45) is 1.20. The minimum Gasteiger partial charge on any atom is -0.482 e. The van der Waals surface area contributed by atoms with Crippen molar-refractivity contribution in [1.29, 1.82) is 0 Å². The van der Waals surface area contributed by atoms with Gasteiger partial charge in [0.15, 0.2) is 6.61 Å². The van der Waals surface area contributed by atoms with Gasteiger partial charge in [-0.3, -0.25) is 14.5 Å². The Kier molecular flexibility index (Phi) is 5.08. The Hall–Kier alpha value is -2.74. The molecule has 8 heteroatoms. The van der Waals surface area contributed by atoms with Crippen LogP contribution in [-0.4, -0.2) is 31.2 Å². The molecule has 1 aliphatic rings. The summed E-state index contributed by atoms with van der Waals surface area (Å²) in [6.45, 7) is -0.339. The van der Waals surface area contributed by atoms with E-state index in [-0.39, 0.29) is 24.6 Å². The number of para-hydroxylation sites is 2. The average molecular weight is 406 g/mol. The molecule has 0 atom stereocenters. The Morgan fingerprint density at radius 2 is 2.16 bits per heavy atom.